The summed E-state index contributed by atoms with van der Waals surface area (Å²) in [5.41, 5.74) is 1.08. The number of nitrogens with zero attached hydrogens (tertiary/aromatic N) is 8. The number of anilines is 1. The lowest BCUT2D eigenvalue weighted by Crippen LogP contribution is -2.47. The van der Waals surface area contributed by atoms with Gasteiger partial charge < -0.3 is 4.90 Å². The maximum atomic E-state index is 12.8. The van der Waals surface area contributed by atoms with E-state index in [1.807, 2.05) is 23.4 Å². The summed E-state index contributed by atoms with van der Waals surface area (Å²) < 4.78 is 4.49. The normalized spacial score (nSPS) is 21.2. The first kappa shape index (κ1) is 18.9. The average Bonchev–Trinajstić information content (AvgIpc) is 3.09. The van der Waals surface area contributed by atoms with Gasteiger partial charge in [0.2, 0.25) is 5.95 Å². The van der Waals surface area contributed by atoms with Gasteiger partial charge in [-0.3, -0.25) is 23.4 Å². The Hall–Kier alpha value is -2.46. The molecule has 2 aromatic heterocycles. The number of aryl methyl sites for hydroxylation is 1. The van der Waals surface area contributed by atoms with Gasteiger partial charge in [-0.15, -0.1) is 0 Å². The number of imidazole rings is 1. The summed E-state index contributed by atoms with van der Waals surface area (Å²) >= 11 is 0. The van der Waals surface area contributed by atoms with E-state index in [1.165, 1.54) is 11.6 Å². The molecule has 1 fully saturated rings. The maximum absolute atomic E-state index is 12.8. The SMILES string of the molecule is CC1=NN(CCN2CCN(C)CC2)c2nc3c(c(=O)n(C)c(=O)n3C)n2C1C. The summed E-state index contributed by atoms with van der Waals surface area (Å²) in [6.07, 6.45) is 0. The summed E-state index contributed by atoms with van der Waals surface area (Å²) in [4.78, 5) is 34.6. The molecule has 10 heteroatoms. The number of hydrogen-bond donors (Lipinski definition) is 0. The molecule has 0 aliphatic carbocycles. The molecular formula is C18H28N8O2. The van der Waals surface area contributed by atoms with E-state index < -0.39 is 0 Å². The van der Waals surface area contributed by atoms with Crippen molar-refractivity contribution in [2.75, 3.05) is 51.3 Å². The highest BCUT2D eigenvalue weighted by molar-refractivity contribution is 5.91. The van der Waals surface area contributed by atoms with Crippen LogP contribution in [-0.2, 0) is 14.1 Å². The van der Waals surface area contributed by atoms with E-state index in [1.54, 1.807) is 7.05 Å². The van der Waals surface area contributed by atoms with Crippen LogP contribution in [0, 0.1) is 0 Å². The van der Waals surface area contributed by atoms with Crippen LogP contribution >= 0.6 is 0 Å². The Morgan fingerprint density at radius 2 is 1.68 bits per heavy atom. The molecule has 1 atom stereocenters. The highest BCUT2D eigenvalue weighted by Gasteiger charge is 2.30. The molecule has 2 aliphatic heterocycles. The van der Waals surface area contributed by atoms with Crippen molar-refractivity contribution in [2.24, 2.45) is 19.2 Å². The molecule has 2 aliphatic rings. The van der Waals surface area contributed by atoms with Crippen molar-refractivity contribution in [2.45, 2.75) is 19.9 Å². The van der Waals surface area contributed by atoms with Crippen molar-refractivity contribution in [3.05, 3.63) is 20.8 Å². The summed E-state index contributed by atoms with van der Waals surface area (Å²) in [6.45, 7) is 9.74. The van der Waals surface area contributed by atoms with Crippen LogP contribution in [0.2, 0.25) is 0 Å². The van der Waals surface area contributed by atoms with Crippen LogP contribution < -0.4 is 16.3 Å². The Bertz CT molecular complexity index is 1050. The van der Waals surface area contributed by atoms with Crippen molar-refractivity contribution in [3.8, 4) is 0 Å². The average molecular weight is 388 g/mol. The van der Waals surface area contributed by atoms with Crippen molar-refractivity contribution < 1.29 is 0 Å². The highest BCUT2D eigenvalue weighted by Crippen LogP contribution is 2.29. The molecule has 0 spiro atoms. The van der Waals surface area contributed by atoms with Crippen LogP contribution in [-0.4, -0.2) is 80.5 Å². The number of hydrazone groups is 1. The molecule has 0 saturated carbocycles. The number of likely N-dealkylation sites (N-methyl/N-ethyl adjacent to an activating group) is 1. The molecule has 0 bridgehead atoms. The van der Waals surface area contributed by atoms with E-state index in [2.05, 4.69) is 21.8 Å². The molecule has 28 heavy (non-hydrogen) atoms. The molecule has 1 saturated heterocycles. The number of rotatable bonds is 3. The third-order valence-corrected chi connectivity index (χ3v) is 6.00. The van der Waals surface area contributed by atoms with Crippen molar-refractivity contribution in [3.63, 3.8) is 0 Å². The second-order valence-corrected chi connectivity index (χ2v) is 7.85. The number of piperazine rings is 1. The quantitative estimate of drug-likeness (QED) is 0.701. The predicted octanol–water partition coefficient (Wildman–Crippen LogP) is -0.562. The van der Waals surface area contributed by atoms with Gasteiger partial charge in [0, 0.05) is 46.8 Å². The van der Waals surface area contributed by atoms with Crippen LogP contribution in [0.25, 0.3) is 11.2 Å². The first-order valence-electron chi connectivity index (χ1n) is 9.71. The van der Waals surface area contributed by atoms with E-state index in [-0.39, 0.29) is 17.3 Å². The van der Waals surface area contributed by atoms with Gasteiger partial charge in [-0.2, -0.15) is 10.1 Å². The van der Waals surface area contributed by atoms with E-state index in [0.29, 0.717) is 23.7 Å². The molecule has 0 amide bonds. The molecule has 4 rings (SSSR count). The summed E-state index contributed by atoms with van der Waals surface area (Å²) in [5, 5.41) is 6.61. The standard InChI is InChI=1S/C18H28N8O2/c1-12-13(2)26-14-15(22(4)18(28)23(5)16(14)27)19-17(26)25(20-12)11-10-24-8-6-21(3)7-9-24/h13H,6-11H2,1-5H3. The van der Waals surface area contributed by atoms with Gasteiger partial charge in [0.1, 0.15) is 0 Å². The fourth-order valence-corrected chi connectivity index (χ4v) is 3.92. The first-order chi connectivity index (χ1) is 13.3. The molecular weight excluding hydrogens is 360 g/mol. The van der Waals surface area contributed by atoms with E-state index in [4.69, 9.17) is 5.10 Å². The molecule has 4 heterocycles. The van der Waals surface area contributed by atoms with Gasteiger partial charge in [0.15, 0.2) is 11.2 Å². The first-order valence-corrected chi connectivity index (χ1v) is 9.71. The lowest BCUT2D eigenvalue weighted by molar-refractivity contribution is 0.156. The minimum absolute atomic E-state index is 0.0925. The van der Waals surface area contributed by atoms with Crippen LogP contribution in [0.1, 0.15) is 19.9 Å². The number of fused-ring (bicyclic) bond motifs is 3. The number of aromatic nitrogens is 4. The molecule has 0 aromatic carbocycles. The largest absolute Gasteiger partial charge is 0.332 e. The van der Waals surface area contributed by atoms with Gasteiger partial charge >= 0.3 is 5.69 Å². The Morgan fingerprint density at radius 3 is 2.36 bits per heavy atom. The lowest BCUT2D eigenvalue weighted by Gasteiger charge is -2.34. The van der Waals surface area contributed by atoms with Crippen molar-refractivity contribution in [1.82, 2.24) is 28.5 Å². The second kappa shape index (κ2) is 6.85. The monoisotopic (exact) mass is 388 g/mol. The van der Waals surface area contributed by atoms with E-state index in [9.17, 15) is 9.59 Å². The van der Waals surface area contributed by atoms with Gasteiger partial charge in [0.05, 0.1) is 18.3 Å². The van der Waals surface area contributed by atoms with Gasteiger partial charge in [-0.25, -0.2) is 9.80 Å². The molecule has 0 radical (unpaired) electrons. The smallest absolute Gasteiger partial charge is 0.304 e. The summed E-state index contributed by atoms with van der Waals surface area (Å²) in [6, 6.07) is -0.0925. The Morgan fingerprint density at radius 1 is 1.00 bits per heavy atom. The minimum Gasteiger partial charge on any atom is -0.304 e. The zero-order chi connectivity index (χ0) is 20.2. The fourth-order valence-electron chi connectivity index (χ4n) is 3.92. The number of hydrogen-bond acceptors (Lipinski definition) is 7. The van der Waals surface area contributed by atoms with E-state index >= 15 is 0 Å². The third-order valence-electron chi connectivity index (χ3n) is 6.00. The summed E-state index contributed by atoms with van der Waals surface area (Å²) in [5.74, 6) is 0.625. The van der Waals surface area contributed by atoms with Crippen LogP contribution in [0.3, 0.4) is 0 Å². The molecule has 10 nitrogen and oxygen atoms in total. The molecule has 1 unspecified atom stereocenters. The van der Waals surface area contributed by atoms with Crippen LogP contribution in [0.5, 0.6) is 0 Å². The highest BCUT2D eigenvalue weighted by atomic mass is 16.2. The van der Waals surface area contributed by atoms with Crippen molar-refractivity contribution >= 4 is 22.8 Å². The molecule has 152 valence electrons. The fraction of sp³-hybridized carbons (Fsp3) is 0.667. The lowest BCUT2D eigenvalue weighted by atomic mass is 10.2. The Balaban J connectivity index is 1.74. The second-order valence-electron chi connectivity index (χ2n) is 7.85. The zero-order valence-electron chi connectivity index (χ0n) is 17.2. The minimum atomic E-state index is -0.373. The predicted molar refractivity (Wildman–Crippen MR) is 109 cm³/mol. The molecule has 2 aromatic rings. The van der Waals surface area contributed by atoms with Gasteiger partial charge in [0.25, 0.3) is 5.56 Å². The van der Waals surface area contributed by atoms with E-state index in [0.717, 1.165) is 43.0 Å². The van der Waals surface area contributed by atoms with Gasteiger partial charge in [-0.05, 0) is 20.9 Å². The Labute approximate surface area is 163 Å². The van der Waals surface area contributed by atoms with Crippen LogP contribution in [0.4, 0.5) is 5.95 Å². The Kier molecular flexibility index (Phi) is 4.62. The van der Waals surface area contributed by atoms with Crippen LogP contribution in [0.15, 0.2) is 14.7 Å². The third kappa shape index (κ3) is 2.87. The zero-order valence-corrected chi connectivity index (χ0v) is 17.2. The maximum Gasteiger partial charge on any atom is 0.332 e. The van der Waals surface area contributed by atoms with Gasteiger partial charge in [-0.1, -0.05) is 0 Å². The van der Waals surface area contributed by atoms with Crippen molar-refractivity contribution in [1.29, 1.82) is 0 Å². The molecule has 0 N–H and O–H groups in total. The summed E-state index contributed by atoms with van der Waals surface area (Å²) in [7, 11) is 5.30. The topological polar surface area (TPSA) is 83.9 Å².